The number of ether oxygens (including phenoxy) is 1. The molecule has 2 fully saturated rings. The topological polar surface area (TPSA) is 61.8 Å². The number of amides is 1. The Morgan fingerprint density at radius 2 is 1.73 bits per heavy atom. The third-order valence-corrected chi connectivity index (χ3v) is 4.66. The maximum atomic E-state index is 12.0. The molecule has 5 heteroatoms. The summed E-state index contributed by atoms with van der Waals surface area (Å²) in [6, 6.07) is 0.562. The molecule has 2 N–H and O–H groups in total. The van der Waals surface area contributed by atoms with Crippen LogP contribution < -0.4 is 5.32 Å². The molecule has 5 nitrogen and oxygen atoms in total. The third kappa shape index (κ3) is 5.76. The van der Waals surface area contributed by atoms with Gasteiger partial charge in [-0.05, 0) is 71.8 Å². The molecule has 0 unspecified atom stereocenters. The number of likely N-dealkylation sites (tertiary alicyclic amines) is 1. The van der Waals surface area contributed by atoms with Gasteiger partial charge in [-0.15, -0.1) is 0 Å². The van der Waals surface area contributed by atoms with Crippen molar-refractivity contribution in [3.63, 3.8) is 0 Å². The van der Waals surface area contributed by atoms with E-state index in [0.717, 1.165) is 58.2 Å². The van der Waals surface area contributed by atoms with Crippen molar-refractivity contribution in [1.29, 1.82) is 0 Å². The van der Waals surface area contributed by atoms with Crippen molar-refractivity contribution in [2.45, 2.75) is 77.0 Å². The molecule has 1 amide bonds. The lowest BCUT2D eigenvalue weighted by Gasteiger charge is -2.34. The Balaban J connectivity index is 1.64. The van der Waals surface area contributed by atoms with Crippen LogP contribution in [0.5, 0.6) is 0 Å². The minimum Gasteiger partial charge on any atom is -0.444 e. The molecule has 0 atom stereocenters. The first-order valence-electron chi connectivity index (χ1n) is 8.73. The van der Waals surface area contributed by atoms with Crippen molar-refractivity contribution in [2.24, 2.45) is 5.92 Å². The number of aliphatic hydroxyl groups is 1. The third-order valence-electron chi connectivity index (χ3n) is 4.66. The van der Waals surface area contributed by atoms with E-state index in [1.807, 2.05) is 25.7 Å². The van der Waals surface area contributed by atoms with Gasteiger partial charge in [0.25, 0.3) is 0 Å². The average Bonchev–Trinajstić information content (AvgIpc) is 2.45. The van der Waals surface area contributed by atoms with Crippen LogP contribution in [0, 0.1) is 5.92 Å². The van der Waals surface area contributed by atoms with Gasteiger partial charge >= 0.3 is 6.09 Å². The summed E-state index contributed by atoms with van der Waals surface area (Å²) in [6.45, 7) is 8.34. The molecule has 1 heterocycles. The fourth-order valence-corrected chi connectivity index (χ4v) is 3.26. The molecule has 2 aliphatic rings. The molecular weight excluding hydrogens is 280 g/mol. The first-order chi connectivity index (χ1) is 10.3. The van der Waals surface area contributed by atoms with Crippen LogP contribution in [0.2, 0.25) is 0 Å². The molecule has 0 aromatic heterocycles. The van der Waals surface area contributed by atoms with Gasteiger partial charge in [0.05, 0.1) is 6.10 Å². The average molecular weight is 312 g/mol. The van der Waals surface area contributed by atoms with Gasteiger partial charge in [-0.2, -0.15) is 0 Å². The predicted octanol–water partition coefficient (Wildman–Crippen LogP) is 2.53. The number of rotatable bonds is 3. The first kappa shape index (κ1) is 17.5. The fraction of sp³-hybridized carbons (Fsp3) is 0.941. The number of carbonyl (C=O) groups is 1. The number of hydrogen-bond donors (Lipinski definition) is 2. The van der Waals surface area contributed by atoms with Crippen LogP contribution in [0.3, 0.4) is 0 Å². The lowest BCUT2D eigenvalue weighted by molar-refractivity contribution is 0.0182. The van der Waals surface area contributed by atoms with Crippen LogP contribution >= 0.6 is 0 Å². The Hall–Kier alpha value is -0.810. The van der Waals surface area contributed by atoms with Crippen molar-refractivity contribution >= 4 is 6.09 Å². The van der Waals surface area contributed by atoms with Gasteiger partial charge in [-0.1, -0.05) is 0 Å². The zero-order valence-electron chi connectivity index (χ0n) is 14.3. The summed E-state index contributed by atoms with van der Waals surface area (Å²) in [7, 11) is 0. The molecule has 1 saturated heterocycles. The monoisotopic (exact) mass is 312 g/mol. The van der Waals surface area contributed by atoms with Crippen LogP contribution in [-0.2, 0) is 4.74 Å². The van der Waals surface area contributed by atoms with Crippen molar-refractivity contribution < 1.29 is 14.6 Å². The molecule has 0 aromatic rings. The molecule has 22 heavy (non-hydrogen) atoms. The zero-order chi connectivity index (χ0) is 16.2. The Morgan fingerprint density at radius 1 is 1.14 bits per heavy atom. The number of piperidine rings is 1. The normalized spacial score (nSPS) is 27.7. The van der Waals surface area contributed by atoms with Gasteiger partial charge in [-0.25, -0.2) is 4.79 Å². The maximum absolute atomic E-state index is 12.0. The second kappa shape index (κ2) is 7.64. The van der Waals surface area contributed by atoms with Crippen LogP contribution in [0.15, 0.2) is 0 Å². The van der Waals surface area contributed by atoms with E-state index in [-0.39, 0.29) is 12.2 Å². The Bertz CT molecular complexity index is 351. The highest BCUT2D eigenvalue weighted by atomic mass is 16.6. The van der Waals surface area contributed by atoms with Gasteiger partial charge in [0, 0.05) is 19.1 Å². The van der Waals surface area contributed by atoms with E-state index in [0.29, 0.717) is 12.0 Å². The lowest BCUT2D eigenvalue weighted by Crippen LogP contribution is -2.44. The van der Waals surface area contributed by atoms with Crippen LogP contribution in [-0.4, -0.2) is 53.5 Å². The second-order valence-electron chi connectivity index (χ2n) is 7.82. The molecule has 1 saturated carbocycles. The maximum Gasteiger partial charge on any atom is 0.410 e. The summed E-state index contributed by atoms with van der Waals surface area (Å²) in [5.74, 6) is 0.644. The summed E-state index contributed by atoms with van der Waals surface area (Å²) >= 11 is 0. The van der Waals surface area contributed by atoms with E-state index < -0.39 is 5.60 Å². The largest absolute Gasteiger partial charge is 0.444 e. The first-order valence-corrected chi connectivity index (χ1v) is 8.73. The summed E-state index contributed by atoms with van der Waals surface area (Å²) in [5, 5.41) is 13.2. The summed E-state index contributed by atoms with van der Waals surface area (Å²) in [4.78, 5) is 13.9. The lowest BCUT2D eigenvalue weighted by atomic mass is 9.91. The Morgan fingerprint density at radius 3 is 2.27 bits per heavy atom. The predicted molar refractivity (Wildman–Crippen MR) is 86.8 cm³/mol. The molecule has 1 aliphatic carbocycles. The number of carbonyl (C=O) groups excluding carboxylic acids is 1. The minimum atomic E-state index is -0.416. The van der Waals surface area contributed by atoms with Gasteiger partial charge in [0.1, 0.15) is 5.60 Å². The standard InChI is InChI=1S/C17H32N2O3/c1-17(2,3)22-16(21)19-10-8-13(9-11-19)12-18-14-4-6-15(20)7-5-14/h13-15,18,20H,4-12H2,1-3H3. The number of nitrogens with zero attached hydrogens (tertiary/aromatic N) is 1. The molecule has 0 aromatic carbocycles. The molecular formula is C17H32N2O3. The van der Waals surface area contributed by atoms with E-state index >= 15 is 0 Å². The SMILES string of the molecule is CC(C)(C)OC(=O)N1CCC(CNC2CCC(O)CC2)CC1. The highest BCUT2D eigenvalue weighted by Gasteiger charge is 2.27. The van der Waals surface area contributed by atoms with Crippen LogP contribution in [0.25, 0.3) is 0 Å². The van der Waals surface area contributed by atoms with E-state index in [9.17, 15) is 9.90 Å². The van der Waals surface area contributed by atoms with Gasteiger partial charge < -0.3 is 20.1 Å². The molecule has 2 rings (SSSR count). The number of nitrogens with one attached hydrogen (secondary N) is 1. The Kier molecular flexibility index (Phi) is 6.09. The zero-order valence-corrected chi connectivity index (χ0v) is 14.3. The highest BCUT2D eigenvalue weighted by molar-refractivity contribution is 5.68. The highest BCUT2D eigenvalue weighted by Crippen LogP contribution is 2.21. The van der Waals surface area contributed by atoms with Crippen molar-refractivity contribution in [1.82, 2.24) is 10.2 Å². The molecule has 1 aliphatic heterocycles. The summed E-state index contributed by atoms with van der Waals surface area (Å²) in [6.07, 6.45) is 5.83. The van der Waals surface area contributed by atoms with Gasteiger partial charge in [0.2, 0.25) is 0 Å². The number of hydrogen-bond acceptors (Lipinski definition) is 4. The Labute approximate surface area is 134 Å². The molecule has 0 bridgehead atoms. The van der Waals surface area contributed by atoms with E-state index in [1.54, 1.807) is 0 Å². The van der Waals surface area contributed by atoms with Crippen molar-refractivity contribution in [3.8, 4) is 0 Å². The number of aliphatic hydroxyl groups excluding tert-OH is 1. The quantitative estimate of drug-likeness (QED) is 0.840. The van der Waals surface area contributed by atoms with Gasteiger partial charge in [-0.3, -0.25) is 0 Å². The smallest absolute Gasteiger partial charge is 0.410 e. The second-order valence-corrected chi connectivity index (χ2v) is 7.82. The van der Waals surface area contributed by atoms with Crippen molar-refractivity contribution in [3.05, 3.63) is 0 Å². The fourth-order valence-electron chi connectivity index (χ4n) is 3.26. The summed E-state index contributed by atoms with van der Waals surface area (Å²) < 4.78 is 5.43. The molecule has 0 radical (unpaired) electrons. The molecule has 128 valence electrons. The summed E-state index contributed by atoms with van der Waals surface area (Å²) in [5.41, 5.74) is -0.416. The molecule has 0 spiro atoms. The van der Waals surface area contributed by atoms with Gasteiger partial charge in [0.15, 0.2) is 0 Å². The minimum absolute atomic E-state index is 0.0879. The van der Waals surface area contributed by atoms with Crippen LogP contribution in [0.1, 0.15) is 59.3 Å². The van der Waals surface area contributed by atoms with E-state index in [2.05, 4.69) is 5.32 Å². The van der Waals surface area contributed by atoms with Crippen LogP contribution in [0.4, 0.5) is 4.79 Å². The van der Waals surface area contributed by atoms with E-state index in [4.69, 9.17) is 4.74 Å². The van der Waals surface area contributed by atoms with Crippen molar-refractivity contribution in [2.75, 3.05) is 19.6 Å². The van der Waals surface area contributed by atoms with E-state index in [1.165, 1.54) is 0 Å².